The van der Waals surface area contributed by atoms with Gasteiger partial charge in [0.2, 0.25) is 0 Å². The molecule has 0 heterocycles. The van der Waals surface area contributed by atoms with Crippen LogP contribution in [0.25, 0.3) is 0 Å². The minimum Gasteiger partial charge on any atom is -0.409 e. The number of nitrogens with one attached hydrogen (secondary N) is 1. The highest BCUT2D eigenvalue weighted by Crippen LogP contribution is 2.26. The van der Waals surface area contributed by atoms with Gasteiger partial charge in [-0.3, -0.25) is 0 Å². The summed E-state index contributed by atoms with van der Waals surface area (Å²) in [5.41, 5.74) is 4.79. The minimum absolute atomic E-state index is 0.977. The van der Waals surface area contributed by atoms with Crippen LogP contribution in [0.4, 0.5) is 22.0 Å². The fourth-order valence-electron chi connectivity index (χ4n) is 0.913. The first-order chi connectivity index (χ1) is 7.64. The molecule has 0 rings (SSSR count). The van der Waals surface area contributed by atoms with Crippen molar-refractivity contribution in [2.45, 2.75) is 12.1 Å². The average molecular weight is 265 g/mol. The van der Waals surface area contributed by atoms with Gasteiger partial charge in [-0.2, -0.15) is 13.2 Å². The van der Waals surface area contributed by atoms with Crippen molar-refractivity contribution in [1.29, 1.82) is 0 Å². The van der Waals surface area contributed by atoms with Crippen LogP contribution in [0.1, 0.15) is 0 Å². The highest BCUT2D eigenvalue weighted by atomic mass is 19.4. The van der Waals surface area contributed by atoms with E-state index in [1.54, 1.807) is 5.32 Å². The number of halogens is 5. The summed E-state index contributed by atoms with van der Waals surface area (Å²) in [4.78, 5) is 0. The predicted octanol–water partition coefficient (Wildman–Crippen LogP) is 0.128. The normalized spacial score (nSPS) is 16.0. The van der Waals surface area contributed by atoms with Crippen molar-refractivity contribution in [3.05, 3.63) is 0 Å². The zero-order valence-electron chi connectivity index (χ0n) is 8.51. The summed E-state index contributed by atoms with van der Waals surface area (Å²) in [6.07, 6.45) is -4.82. The fourth-order valence-corrected chi connectivity index (χ4v) is 0.913. The summed E-state index contributed by atoms with van der Waals surface area (Å²) in [6, 6.07) is 0. The maximum atomic E-state index is 12.5. The fraction of sp³-hybridized carbons (Fsp3) is 0.857. The molecule has 0 aromatic rings. The molecule has 0 spiro atoms. The van der Waals surface area contributed by atoms with Gasteiger partial charge in [0.1, 0.15) is 12.5 Å². The number of nitrogens with two attached hydrogens (primary N) is 1. The second-order valence-corrected chi connectivity index (χ2v) is 3.26. The number of rotatable bonds is 6. The van der Waals surface area contributed by atoms with Gasteiger partial charge in [0.25, 0.3) is 5.92 Å². The Labute approximate surface area is 93.1 Å². The molecule has 0 aromatic carbocycles. The van der Waals surface area contributed by atoms with Gasteiger partial charge in [-0.1, -0.05) is 5.16 Å². The lowest BCUT2D eigenvalue weighted by Gasteiger charge is -2.21. The van der Waals surface area contributed by atoms with E-state index in [0.29, 0.717) is 0 Å². The van der Waals surface area contributed by atoms with Crippen molar-refractivity contribution in [3.63, 3.8) is 0 Å². The van der Waals surface area contributed by atoms with E-state index in [0.717, 1.165) is 0 Å². The third-order valence-corrected chi connectivity index (χ3v) is 1.83. The third-order valence-electron chi connectivity index (χ3n) is 1.83. The SMILES string of the molecule is NC(=NO)C(CNCC(F)(F)CO)C(F)(F)F. The van der Waals surface area contributed by atoms with Gasteiger partial charge in [0.05, 0.1) is 6.54 Å². The Morgan fingerprint density at radius 1 is 1.29 bits per heavy atom. The van der Waals surface area contributed by atoms with Gasteiger partial charge >= 0.3 is 6.18 Å². The van der Waals surface area contributed by atoms with E-state index in [1.165, 1.54) is 0 Å². The largest absolute Gasteiger partial charge is 0.409 e. The number of nitrogens with zero attached hydrogens (tertiary/aromatic N) is 1. The van der Waals surface area contributed by atoms with Gasteiger partial charge in [-0.15, -0.1) is 0 Å². The Hall–Kier alpha value is -1.16. The van der Waals surface area contributed by atoms with Crippen molar-refractivity contribution in [1.82, 2.24) is 5.32 Å². The quantitative estimate of drug-likeness (QED) is 0.181. The number of alkyl halides is 5. The monoisotopic (exact) mass is 265 g/mol. The maximum absolute atomic E-state index is 12.5. The highest BCUT2D eigenvalue weighted by Gasteiger charge is 2.43. The van der Waals surface area contributed by atoms with Crippen LogP contribution in [0.15, 0.2) is 5.16 Å². The number of hydrogen-bond acceptors (Lipinski definition) is 4. The number of amidine groups is 1. The maximum Gasteiger partial charge on any atom is 0.400 e. The van der Waals surface area contributed by atoms with Crippen molar-refractivity contribution in [3.8, 4) is 0 Å². The lowest BCUT2D eigenvalue weighted by atomic mass is 10.1. The molecule has 0 aliphatic rings. The summed E-state index contributed by atoms with van der Waals surface area (Å²) < 4.78 is 61.9. The first-order valence-corrected chi connectivity index (χ1v) is 4.37. The van der Waals surface area contributed by atoms with E-state index in [2.05, 4.69) is 5.16 Å². The molecule has 1 atom stereocenters. The molecule has 102 valence electrons. The van der Waals surface area contributed by atoms with E-state index in [9.17, 15) is 22.0 Å². The Kier molecular flexibility index (Phi) is 5.55. The van der Waals surface area contributed by atoms with Gasteiger partial charge in [-0.05, 0) is 0 Å². The number of hydrogen-bond donors (Lipinski definition) is 4. The standard InChI is InChI=1S/C7H12F5N3O2/c8-6(9,3-16)2-14-1-4(5(13)15-17)7(10,11)12/h4,14,16-17H,1-3H2,(H2,13,15). The number of aliphatic hydroxyl groups is 1. The van der Waals surface area contributed by atoms with Gasteiger partial charge in [-0.25, -0.2) is 8.78 Å². The molecular formula is C7H12F5N3O2. The van der Waals surface area contributed by atoms with Crippen molar-refractivity contribution >= 4 is 5.84 Å². The highest BCUT2D eigenvalue weighted by molar-refractivity contribution is 5.83. The minimum atomic E-state index is -4.82. The molecule has 0 aliphatic heterocycles. The first-order valence-electron chi connectivity index (χ1n) is 4.37. The van der Waals surface area contributed by atoms with Crippen LogP contribution in [0, 0.1) is 5.92 Å². The van der Waals surface area contributed by atoms with Crippen LogP contribution < -0.4 is 11.1 Å². The van der Waals surface area contributed by atoms with Crippen LogP contribution in [0.2, 0.25) is 0 Å². The summed E-state index contributed by atoms with van der Waals surface area (Å²) in [5.74, 6) is -7.03. The molecular weight excluding hydrogens is 253 g/mol. The molecule has 10 heteroatoms. The zero-order chi connectivity index (χ0) is 13.7. The molecule has 0 aromatic heterocycles. The lowest BCUT2D eigenvalue weighted by Crippen LogP contribution is -2.46. The van der Waals surface area contributed by atoms with Gasteiger partial charge in [0.15, 0.2) is 5.84 Å². The molecule has 0 radical (unpaired) electrons. The summed E-state index contributed by atoms with van der Waals surface area (Å²) in [5, 5.41) is 20.3. The van der Waals surface area contributed by atoms with Crippen molar-refractivity contribution in [2.24, 2.45) is 16.8 Å². The molecule has 0 saturated carbocycles. The summed E-state index contributed by atoms with van der Waals surface area (Å²) in [6.45, 7) is -3.61. The molecule has 0 aliphatic carbocycles. The smallest absolute Gasteiger partial charge is 0.400 e. The Morgan fingerprint density at radius 2 is 1.82 bits per heavy atom. The van der Waals surface area contributed by atoms with Crippen LogP contribution in [0.5, 0.6) is 0 Å². The van der Waals surface area contributed by atoms with Crippen molar-refractivity contribution in [2.75, 3.05) is 19.7 Å². The Morgan fingerprint density at radius 3 is 2.18 bits per heavy atom. The second-order valence-electron chi connectivity index (χ2n) is 3.26. The topological polar surface area (TPSA) is 90.9 Å². The number of aliphatic hydroxyl groups excluding tert-OH is 1. The van der Waals surface area contributed by atoms with Crippen LogP contribution in [-0.2, 0) is 0 Å². The molecule has 0 fully saturated rings. The second kappa shape index (κ2) is 5.96. The van der Waals surface area contributed by atoms with Gasteiger partial charge < -0.3 is 21.4 Å². The van der Waals surface area contributed by atoms with E-state index in [1.807, 2.05) is 0 Å². The number of oxime groups is 1. The Balaban J connectivity index is 4.40. The van der Waals surface area contributed by atoms with E-state index in [4.69, 9.17) is 16.0 Å². The predicted molar refractivity (Wildman–Crippen MR) is 47.9 cm³/mol. The Bertz CT molecular complexity index is 269. The van der Waals surface area contributed by atoms with E-state index < -0.39 is 43.5 Å². The zero-order valence-corrected chi connectivity index (χ0v) is 8.51. The molecule has 5 nitrogen and oxygen atoms in total. The molecule has 17 heavy (non-hydrogen) atoms. The van der Waals surface area contributed by atoms with E-state index >= 15 is 0 Å². The van der Waals surface area contributed by atoms with Crippen molar-refractivity contribution < 1.29 is 32.3 Å². The first kappa shape index (κ1) is 15.8. The lowest BCUT2D eigenvalue weighted by molar-refractivity contribution is -0.155. The average Bonchev–Trinajstić information content (AvgIpc) is 2.21. The van der Waals surface area contributed by atoms with E-state index in [-0.39, 0.29) is 0 Å². The molecule has 0 amide bonds. The van der Waals surface area contributed by atoms with Crippen LogP contribution >= 0.6 is 0 Å². The molecule has 1 unspecified atom stereocenters. The van der Waals surface area contributed by atoms with Crippen LogP contribution in [0.3, 0.4) is 0 Å². The molecule has 5 N–H and O–H groups in total. The van der Waals surface area contributed by atoms with Crippen LogP contribution in [-0.4, -0.2) is 47.9 Å². The van der Waals surface area contributed by atoms with Gasteiger partial charge in [0, 0.05) is 6.54 Å². The summed E-state index contributed by atoms with van der Waals surface area (Å²) in [7, 11) is 0. The molecule has 0 bridgehead atoms. The third kappa shape index (κ3) is 5.63. The molecule has 0 saturated heterocycles. The summed E-state index contributed by atoms with van der Waals surface area (Å²) >= 11 is 0.